The molecule has 0 N–H and O–H groups in total. The summed E-state index contributed by atoms with van der Waals surface area (Å²) in [6, 6.07) is 10.3. The fourth-order valence-corrected chi connectivity index (χ4v) is 3.30. The number of hydrogen-bond acceptors (Lipinski definition) is 0. The van der Waals surface area contributed by atoms with Gasteiger partial charge in [-0.1, -0.05) is 53.0 Å². The lowest BCUT2D eigenvalue weighted by atomic mass is 10.2. The van der Waals surface area contributed by atoms with Gasteiger partial charge in [0.1, 0.15) is 0 Å². The number of benzene rings is 1. The van der Waals surface area contributed by atoms with Crippen LogP contribution in [0, 0.1) is 0 Å². The molecule has 0 radical (unpaired) electrons. The van der Waals surface area contributed by atoms with Gasteiger partial charge in [0.2, 0.25) is 0 Å². The van der Waals surface area contributed by atoms with Gasteiger partial charge in [0, 0.05) is 5.75 Å². The molecule has 0 aromatic heterocycles. The molecule has 0 nitrogen and oxygen atoms in total. The van der Waals surface area contributed by atoms with Gasteiger partial charge in [0.15, 0.2) is 0 Å². The predicted octanol–water partition coefficient (Wildman–Crippen LogP) is 4.25. The maximum Gasteiger partial charge on any atom is 0.00452 e. The topological polar surface area (TPSA) is 0 Å². The zero-order chi connectivity index (χ0) is 10.9. The summed E-state index contributed by atoms with van der Waals surface area (Å²) in [5, 5.41) is 1.94. The van der Waals surface area contributed by atoms with E-state index in [1.54, 1.807) is 0 Å². The van der Waals surface area contributed by atoms with Gasteiger partial charge in [0.05, 0.1) is 0 Å². The Morgan fingerprint density at radius 2 is 1.71 bits per heavy atom. The third-order valence-electron chi connectivity index (χ3n) is 2.26. The molecule has 1 aromatic carbocycles. The van der Waals surface area contributed by atoms with Crippen molar-refractivity contribution in [3.8, 4) is 0 Å². The van der Waals surface area contributed by atoms with Crippen molar-refractivity contribution < 1.29 is 0 Å². The lowest BCUT2D eigenvalue weighted by Gasteiger charge is -2.63. The van der Waals surface area contributed by atoms with Crippen molar-refractivity contribution >= 4 is 18.2 Å². The van der Waals surface area contributed by atoms with Crippen LogP contribution in [0.5, 0.6) is 0 Å². The molecule has 2 heteroatoms. The molecule has 0 amide bonds. The highest BCUT2D eigenvalue weighted by Gasteiger charge is 2.41. The fraction of sp³-hybridized carbons (Fsp3) is 0.333. The fourth-order valence-electron chi connectivity index (χ4n) is 1.29. The van der Waals surface area contributed by atoms with Crippen molar-refractivity contribution in [2.75, 3.05) is 18.8 Å². The van der Waals surface area contributed by atoms with Crippen LogP contribution in [0.15, 0.2) is 42.3 Å². The molecule has 0 saturated heterocycles. The molecule has 0 heterocycles. The first kappa shape index (κ1) is 11.7. The first-order chi connectivity index (χ1) is 6.14. The average molecular weight is 231 g/mol. The summed E-state index contributed by atoms with van der Waals surface area (Å²) in [7, 11) is 4.18. The highest BCUT2D eigenvalue weighted by atomic mass is 35.7. The minimum absolute atomic E-state index is 0.881. The van der Waals surface area contributed by atoms with Crippen LogP contribution in [0.1, 0.15) is 5.56 Å². The second-order valence-corrected chi connectivity index (χ2v) is 17.3. The van der Waals surface area contributed by atoms with Crippen LogP contribution in [0.2, 0.25) is 0 Å². The molecule has 0 aliphatic rings. The minimum Gasteiger partial charge on any atom is -0.203 e. The first-order valence-corrected chi connectivity index (χ1v) is 9.31. The van der Waals surface area contributed by atoms with Gasteiger partial charge in [-0.25, -0.2) is 7.51 Å². The van der Waals surface area contributed by atoms with Crippen molar-refractivity contribution in [2.24, 2.45) is 0 Å². The summed E-state index contributed by atoms with van der Waals surface area (Å²) < 4.78 is 0. The summed E-state index contributed by atoms with van der Waals surface area (Å²) >= 11 is 0. The molecule has 0 saturated carbocycles. The molecule has 14 heavy (non-hydrogen) atoms. The Morgan fingerprint density at radius 3 is 2.14 bits per heavy atom. The van der Waals surface area contributed by atoms with E-state index in [0.29, 0.717) is 0 Å². The Labute approximate surface area is 90.7 Å². The molecule has 0 spiro atoms. The van der Waals surface area contributed by atoms with Crippen LogP contribution >= 0.6 is 18.2 Å². The van der Waals surface area contributed by atoms with Gasteiger partial charge < -0.3 is 0 Å². The van der Waals surface area contributed by atoms with Gasteiger partial charge in [-0.2, -0.15) is 0 Å². The molecular weight excluding hydrogens is 212 g/mol. The summed E-state index contributed by atoms with van der Waals surface area (Å²) in [5.74, 6) is 0.881. The molecule has 0 fully saturated rings. The smallest absolute Gasteiger partial charge is 0.00452 e. The van der Waals surface area contributed by atoms with E-state index in [0.717, 1.165) is 5.75 Å². The Bertz CT molecular complexity index is 344. The first-order valence-electron chi connectivity index (χ1n) is 4.58. The van der Waals surface area contributed by atoms with E-state index in [-0.39, 0.29) is 0 Å². The van der Waals surface area contributed by atoms with E-state index >= 15 is 0 Å². The van der Waals surface area contributed by atoms with Gasteiger partial charge >= 0.3 is 0 Å². The number of halogens is 1. The third-order valence-corrected chi connectivity index (χ3v) is 5.80. The highest BCUT2D eigenvalue weighted by molar-refractivity contribution is 8.79. The summed E-state index contributed by atoms with van der Waals surface area (Å²) in [6.07, 6.45) is 6.38. The molecule has 0 bridgehead atoms. The monoisotopic (exact) mass is 230 g/mol. The molecule has 80 valence electrons. The van der Waals surface area contributed by atoms with Gasteiger partial charge in [0.25, 0.3) is 0 Å². The van der Waals surface area contributed by atoms with E-state index in [4.69, 9.17) is 10.7 Å². The van der Waals surface area contributed by atoms with Crippen molar-refractivity contribution in [3.05, 3.63) is 47.9 Å². The van der Waals surface area contributed by atoms with Crippen molar-refractivity contribution in [1.82, 2.24) is 0 Å². The number of rotatable bonds is 3. The molecule has 0 aliphatic carbocycles. The number of hydrogen-bond donors (Lipinski definition) is 0. The second-order valence-electron chi connectivity index (χ2n) is 5.42. The van der Waals surface area contributed by atoms with Crippen molar-refractivity contribution in [3.63, 3.8) is 0 Å². The lowest BCUT2D eigenvalue weighted by molar-refractivity contribution is 1.37. The highest BCUT2D eigenvalue weighted by Crippen LogP contribution is 2.88. The van der Waals surface area contributed by atoms with Crippen LogP contribution in [0.3, 0.4) is 0 Å². The lowest BCUT2D eigenvalue weighted by Crippen LogP contribution is -2.24. The maximum atomic E-state index is 6.77. The van der Waals surface area contributed by atoms with E-state index in [9.17, 15) is 0 Å². The quantitative estimate of drug-likeness (QED) is 0.729. The van der Waals surface area contributed by atoms with Gasteiger partial charge in [-0.15, -0.1) is 0 Å². The summed E-state index contributed by atoms with van der Waals surface area (Å²) in [6.45, 7) is 3.89. The van der Waals surface area contributed by atoms with E-state index in [1.807, 2.05) is 23.6 Å². The average Bonchev–Trinajstić information content (AvgIpc) is 2.04. The van der Waals surface area contributed by atoms with Crippen LogP contribution in [-0.4, -0.2) is 18.8 Å². The Morgan fingerprint density at radius 1 is 1.21 bits per heavy atom. The Balaban J connectivity index is 3.06. The Kier molecular flexibility index (Phi) is 2.34. The Hall–Kier alpha value is -0.400. The van der Waals surface area contributed by atoms with E-state index < -0.39 is 7.51 Å². The SMILES string of the molecule is C=CS(C)(C)(C)(Cl)Cc1ccccc1. The molecule has 1 rings (SSSR count). The zero-order valence-corrected chi connectivity index (χ0v) is 10.7. The largest absolute Gasteiger partial charge is 0.203 e. The van der Waals surface area contributed by atoms with Gasteiger partial charge in [-0.05, 0) is 24.3 Å². The molecular formula is C12H19ClS. The summed E-state index contributed by atoms with van der Waals surface area (Å²) in [4.78, 5) is 0. The molecule has 0 unspecified atom stereocenters. The van der Waals surface area contributed by atoms with Crippen LogP contribution < -0.4 is 0 Å². The molecule has 0 atom stereocenters. The van der Waals surface area contributed by atoms with Crippen LogP contribution in [0.4, 0.5) is 0 Å². The standard InChI is InChI=1S/C12H19ClS/c1-5-14(2,3,4,13)11-12-9-7-6-8-10-12/h5-10H,1,11H2,2-4H3. The van der Waals surface area contributed by atoms with Crippen molar-refractivity contribution in [2.45, 2.75) is 5.75 Å². The molecule has 1 aromatic rings. The maximum absolute atomic E-state index is 6.77. The zero-order valence-electron chi connectivity index (χ0n) is 9.16. The van der Waals surface area contributed by atoms with Gasteiger partial charge in [-0.3, -0.25) is 0 Å². The molecule has 0 aliphatic heterocycles. The van der Waals surface area contributed by atoms with E-state index in [2.05, 4.69) is 37.5 Å². The van der Waals surface area contributed by atoms with Crippen LogP contribution in [0.25, 0.3) is 0 Å². The minimum atomic E-state index is -2.58. The van der Waals surface area contributed by atoms with Crippen LogP contribution in [-0.2, 0) is 5.75 Å². The second kappa shape index (κ2) is 2.80. The van der Waals surface area contributed by atoms with E-state index in [1.165, 1.54) is 5.56 Å². The third kappa shape index (κ3) is 3.39. The normalized spacial score (nSPS) is 16.9. The predicted molar refractivity (Wildman–Crippen MR) is 71.6 cm³/mol. The summed E-state index contributed by atoms with van der Waals surface area (Å²) in [5.41, 5.74) is 1.27. The van der Waals surface area contributed by atoms with Crippen molar-refractivity contribution in [1.29, 1.82) is 0 Å².